The molecule has 1 fully saturated rings. The van der Waals surface area contributed by atoms with Gasteiger partial charge in [0.15, 0.2) is 5.84 Å². The van der Waals surface area contributed by atoms with Crippen molar-refractivity contribution in [3.05, 3.63) is 47.7 Å². The fourth-order valence-corrected chi connectivity index (χ4v) is 2.72. The minimum atomic E-state index is -0.920. The van der Waals surface area contributed by atoms with Crippen molar-refractivity contribution < 1.29 is 19.1 Å². The molecular formula is C21H23N5O4. The van der Waals surface area contributed by atoms with Crippen molar-refractivity contribution in [1.82, 2.24) is 4.90 Å². The maximum absolute atomic E-state index is 11.9. The number of amidine groups is 1. The van der Waals surface area contributed by atoms with Gasteiger partial charge >= 0.3 is 0 Å². The highest BCUT2D eigenvalue weighted by atomic mass is 16.5. The van der Waals surface area contributed by atoms with E-state index in [0.29, 0.717) is 35.7 Å². The molecule has 0 unspecified atom stereocenters. The number of nitrogens with two attached hydrogens (primary N) is 2. The number of methoxy groups -OCH3 is 2. The Bertz CT molecular complexity index is 992. The van der Waals surface area contributed by atoms with Gasteiger partial charge < -0.3 is 25.8 Å². The molecule has 1 aromatic rings. The van der Waals surface area contributed by atoms with Gasteiger partial charge in [0, 0.05) is 30.3 Å². The molecule has 0 aliphatic carbocycles. The molecule has 0 bridgehead atoms. The highest BCUT2D eigenvalue weighted by Crippen LogP contribution is 2.22. The number of likely N-dealkylation sites (tertiary alicyclic amines) is 1. The molecule has 0 saturated carbocycles. The van der Waals surface area contributed by atoms with Crippen LogP contribution in [0.3, 0.4) is 0 Å². The Morgan fingerprint density at radius 3 is 2.40 bits per heavy atom. The van der Waals surface area contributed by atoms with E-state index >= 15 is 0 Å². The third-order valence-corrected chi connectivity index (χ3v) is 4.25. The molecule has 0 aromatic heterocycles. The van der Waals surface area contributed by atoms with Gasteiger partial charge in [-0.3, -0.25) is 15.0 Å². The van der Waals surface area contributed by atoms with Gasteiger partial charge in [0.2, 0.25) is 5.91 Å². The first-order chi connectivity index (χ1) is 14.3. The van der Waals surface area contributed by atoms with Gasteiger partial charge in [-0.05, 0) is 24.1 Å². The molecule has 5 N–H and O–H groups in total. The Kier molecular flexibility index (Phi) is 7.36. The van der Waals surface area contributed by atoms with E-state index in [1.165, 1.54) is 25.2 Å². The molecule has 2 rings (SSSR count). The fourth-order valence-electron chi connectivity index (χ4n) is 2.72. The molecule has 30 heavy (non-hydrogen) atoms. The predicted molar refractivity (Wildman–Crippen MR) is 113 cm³/mol. The minimum absolute atomic E-state index is 0.185. The Morgan fingerprint density at radius 2 is 1.87 bits per heavy atom. The maximum Gasteiger partial charge on any atom is 0.255 e. The van der Waals surface area contributed by atoms with Crippen molar-refractivity contribution in [2.45, 2.75) is 6.42 Å². The van der Waals surface area contributed by atoms with Crippen LogP contribution in [0.25, 0.3) is 0 Å². The Labute approximate surface area is 174 Å². The van der Waals surface area contributed by atoms with Crippen LogP contribution in [-0.4, -0.2) is 55.6 Å². The lowest BCUT2D eigenvalue weighted by molar-refractivity contribution is -0.124. The van der Waals surface area contributed by atoms with Gasteiger partial charge in [-0.15, -0.1) is 0 Å². The van der Waals surface area contributed by atoms with Crippen LogP contribution in [0.1, 0.15) is 12.0 Å². The summed E-state index contributed by atoms with van der Waals surface area (Å²) in [5.74, 6) is 4.96. The summed E-state index contributed by atoms with van der Waals surface area (Å²) < 4.78 is 10.4. The van der Waals surface area contributed by atoms with Crippen LogP contribution in [0, 0.1) is 17.3 Å². The van der Waals surface area contributed by atoms with Crippen LogP contribution in [0.5, 0.6) is 11.5 Å². The zero-order valence-electron chi connectivity index (χ0n) is 16.8. The second kappa shape index (κ2) is 9.93. The molecule has 1 aromatic carbocycles. The van der Waals surface area contributed by atoms with Crippen molar-refractivity contribution in [3.8, 4) is 23.3 Å². The molecule has 9 nitrogen and oxygen atoms in total. The zero-order valence-corrected chi connectivity index (χ0v) is 16.8. The molecule has 156 valence electrons. The topological polar surface area (TPSA) is 144 Å². The lowest BCUT2D eigenvalue weighted by Gasteiger charge is -2.10. The molecule has 0 radical (unpaired) electrons. The Morgan fingerprint density at radius 1 is 1.23 bits per heavy atom. The third-order valence-electron chi connectivity index (χ3n) is 4.25. The van der Waals surface area contributed by atoms with Crippen molar-refractivity contribution in [2.24, 2.45) is 16.5 Å². The minimum Gasteiger partial charge on any atom is -0.497 e. The van der Waals surface area contributed by atoms with Crippen LogP contribution in [0.4, 0.5) is 0 Å². The summed E-state index contributed by atoms with van der Waals surface area (Å²) in [7, 11) is 3.03. The maximum atomic E-state index is 11.9. The van der Waals surface area contributed by atoms with Crippen LogP contribution >= 0.6 is 0 Å². The quantitative estimate of drug-likeness (QED) is 0.282. The lowest BCUT2D eigenvalue weighted by Crippen LogP contribution is -2.27. The summed E-state index contributed by atoms with van der Waals surface area (Å²) in [5.41, 5.74) is 11.9. The van der Waals surface area contributed by atoms with Gasteiger partial charge in [-0.2, -0.15) is 0 Å². The number of ether oxygens (including phenoxy) is 2. The van der Waals surface area contributed by atoms with Crippen LogP contribution in [0.2, 0.25) is 0 Å². The molecule has 0 spiro atoms. The SMILES string of the molecule is C=CC(=O)N1CCC(=NC(=N)C(C(N)=O)=C(N)C#Cc2cc(OC)cc(OC)c2)C1. The molecule has 1 heterocycles. The smallest absolute Gasteiger partial charge is 0.255 e. The van der Waals surface area contributed by atoms with Gasteiger partial charge in [0.1, 0.15) is 17.1 Å². The van der Waals surface area contributed by atoms with E-state index in [9.17, 15) is 9.59 Å². The number of benzene rings is 1. The number of hydrogen-bond donors (Lipinski definition) is 3. The van der Waals surface area contributed by atoms with E-state index in [2.05, 4.69) is 23.4 Å². The largest absolute Gasteiger partial charge is 0.497 e. The number of carbonyl (C=O) groups excluding carboxylic acids is 2. The average molecular weight is 409 g/mol. The number of primary amides is 1. The monoisotopic (exact) mass is 409 g/mol. The molecule has 1 saturated heterocycles. The first-order valence-electron chi connectivity index (χ1n) is 8.90. The van der Waals surface area contributed by atoms with E-state index in [-0.39, 0.29) is 23.7 Å². The van der Waals surface area contributed by atoms with E-state index < -0.39 is 11.7 Å². The highest BCUT2D eigenvalue weighted by Gasteiger charge is 2.23. The second-order valence-electron chi connectivity index (χ2n) is 6.24. The van der Waals surface area contributed by atoms with E-state index in [0.717, 1.165) is 0 Å². The van der Waals surface area contributed by atoms with Crippen molar-refractivity contribution in [3.63, 3.8) is 0 Å². The summed E-state index contributed by atoms with van der Waals surface area (Å²) >= 11 is 0. The highest BCUT2D eigenvalue weighted by molar-refractivity contribution is 6.23. The van der Waals surface area contributed by atoms with Crippen molar-refractivity contribution in [2.75, 3.05) is 27.3 Å². The standard InChI is InChI=1S/C21H23N5O4/c1-4-18(27)26-8-7-14(12-26)25-20(23)19(21(24)28)17(22)6-5-13-9-15(29-2)11-16(10-13)30-3/h4,9-11,23H,1,7-8,12,22H2,2-3H3,(H2,24,28). The number of amides is 2. The van der Waals surface area contributed by atoms with Crippen LogP contribution in [0.15, 0.2) is 47.1 Å². The van der Waals surface area contributed by atoms with Crippen LogP contribution < -0.4 is 20.9 Å². The Hall–Kier alpha value is -4.06. The predicted octanol–water partition coefficient (Wildman–Crippen LogP) is 0.590. The summed E-state index contributed by atoms with van der Waals surface area (Å²) in [6, 6.07) is 5.02. The normalized spacial score (nSPS) is 15.0. The first-order valence-corrected chi connectivity index (χ1v) is 8.90. The van der Waals surface area contributed by atoms with Gasteiger partial charge in [0.25, 0.3) is 5.91 Å². The number of nitrogens with zero attached hydrogens (tertiary/aromatic N) is 2. The van der Waals surface area contributed by atoms with E-state index in [1.807, 2.05) is 0 Å². The first kappa shape index (κ1) is 22.2. The number of nitrogens with one attached hydrogen (secondary N) is 1. The number of aliphatic imine (C=N–C) groups is 1. The summed E-state index contributed by atoms with van der Waals surface area (Å²) in [6.45, 7) is 4.15. The molecule has 0 atom stereocenters. The lowest BCUT2D eigenvalue weighted by atomic mass is 10.1. The van der Waals surface area contributed by atoms with Crippen molar-refractivity contribution >= 4 is 23.4 Å². The number of carbonyl (C=O) groups is 2. The van der Waals surface area contributed by atoms with Gasteiger partial charge in [-0.1, -0.05) is 12.5 Å². The number of rotatable bonds is 5. The zero-order chi connectivity index (χ0) is 22.3. The fraction of sp³-hybridized carbons (Fsp3) is 0.238. The van der Waals surface area contributed by atoms with Gasteiger partial charge in [-0.25, -0.2) is 4.99 Å². The second-order valence-corrected chi connectivity index (χ2v) is 6.24. The summed E-state index contributed by atoms with van der Waals surface area (Å²) in [4.78, 5) is 29.2. The van der Waals surface area contributed by atoms with Gasteiger partial charge in [0.05, 0.1) is 26.5 Å². The number of allylic oxidation sites excluding steroid dienone is 1. The molecule has 9 heteroatoms. The molecule has 1 aliphatic heterocycles. The van der Waals surface area contributed by atoms with Crippen LogP contribution in [-0.2, 0) is 9.59 Å². The average Bonchev–Trinajstić information content (AvgIpc) is 3.19. The Balaban J connectivity index is 2.31. The van der Waals surface area contributed by atoms with Crippen molar-refractivity contribution in [1.29, 1.82) is 5.41 Å². The molecule has 1 aliphatic rings. The third kappa shape index (κ3) is 5.48. The van der Waals surface area contributed by atoms with E-state index in [1.54, 1.807) is 18.2 Å². The summed E-state index contributed by atoms with van der Waals surface area (Å²) in [6.07, 6.45) is 1.69. The molecule has 2 amide bonds. The number of hydrogen-bond acceptors (Lipinski definition) is 6. The molecular weight excluding hydrogens is 386 g/mol. The van der Waals surface area contributed by atoms with E-state index in [4.69, 9.17) is 26.4 Å². The summed E-state index contributed by atoms with van der Waals surface area (Å²) in [5, 5.41) is 8.14.